The average Bonchev–Trinajstić information content (AvgIpc) is 2.98. The maximum atomic E-state index is 12.6. The second-order valence-electron chi connectivity index (χ2n) is 11.6. The lowest BCUT2D eigenvalue weighted by Gasteiger charge is -2.37. The lowest BCUT2D eigenvalue weighted by atomic mass is 9.67. The predicted molar refractivity (Wildman–Crippen MR) is 137 cm³/mol. The standard InChI is InChI=1S/C26H44INO4/c1-8-9-12-30-13-10-11-19(16-21(29)31-26(5,6)7)23-22(27)24(32-28-23)20-14-18(15-20)17-25(2,3)4/h18-20H,8-17H2,1-7H3/t18-,19-,20+/m0/s1. The lowest BCUT2D eigenvalue weighted by Crippen LogP contribution is -2.26. The van der Waals surface area contributed by atoms with Crippen LogP contribution in [0, 0.1) is 14.9 Å². The minimum absolute atomic E-state index is 0.00512. The van der Waals surface area contributed by atoms with Gasteiger partial charge >= 0.3 is 5.97 Å². The maximum Gasteiger partial charge on any atom is 0.306 e. The summed E-state index contributed by atoms with van der Waals surface area (Å²) < 4.78 is 18.3. The summed E-state index contributed by atoms with van der Waals surface area (Å²) in [6.07, 6.45) is 7.87. The Morgan fingerprint density at radius 3 is 2.41 bits per heavy atom. The molecule has 1 heterocycles. The summed E-state index contributed by atoms with van der Waals surface area (Å²) in [6, 6.07) is 0. The summed E-state index contributed by atoms with van der Waals surface area (Å²) >= 11 is 2.37. The summed E-state index contributed by atoms with van der Waals surface area (Å²) in [5.74, 6) is 2.05. The van der Waals surface area contributed by atoms with E-state index in [9.17, 15) is 4.79 Å². The van der Waals surface area contributed by atoms with E-state index >= 15 is 0 Å². The Bertz CT molecular complexity index is 710. The molecule has 1 aliphatic rings. The second kappa shape index (κ2) is 12.2. The fourth-order valence-electron chi connectivity index (χ4n) is 4.49. The van der Waals surface area contributed by atoms with Crippen LogP contribution in [0.25, 0.3) is 0 Å². The first kappa shape index (κ1) is 27.6. The van der Waals surface area contributed by atoms with Crippen molar-refractivity contribution in [1.82, 2.24) is 5.16 Å². The second-order valence-corrected chi connectivity index (χ2v) is 12.7. The van der Waals surface area contributed by atoms with E-state index in [1.807, 2.05) is 20.8 Å². The van der Waals surface area contributed by atoms with E-state index in [-0.39, 0.29) is 11.9 Å². The van der Waals surface area contributed by atoms with Crippen LogP contribution >= 0.6 is 22.6 Å². The zero-order valence-electron chi connectivity index (χ0n) is 21.3. The topological polar surface area (TPSA) is 61.6 Å². The van der Waals surface area contributed by atoms with Crippen LogP contribution in [0.4, 0.5) is 0 Å². The van der Waals surface area contributed by atoms with Crippen molar-refractivity contribution in [2.75, 3.05) is 13.2 Å². The van der Waals surface area contributed by atoms with Crippen molar-refractivity contribution in [3.8, 4) is 0 Å². The van der Waals surface area contributed by atoms with E-state index in [0.717, 1.165) is 53.2 Å². The summed E-state index contributed by atoms with van der Waals surface area (Å²) in [7, 11) is 0. The molecular weight excluding hydrogens is 517 g/mol. The van der Waals surface area contributed by atoms with E-state index < -0.39 is 5.60 Å². The molecule has 0 amide bonds. The Morgan fingerprint density at radius 1 is 1.16 bits per heavy atom. The molecule has 6 heteroatoms. The van der Waals surface area contributed by atoms with Crippen molar-refractivity contribution in [2.45, 2.75) is 117 Å². The van der Waals surface area contributed by atoms with Gasteiger partial charge in [-0.25, -0.2) is 0 Å². The molecule has 2 rings (SSSR count). The normalized spacial score (nSPS) is 20.1. The summed E-state index contributed by atoms with van der Waals surface area (Å²) in [5, 5.41) is 4.47. The molecule has 1 saturated carbocycles. The Balaban J connectivity index is 2.02. The van der Waals surface area contributed by atoms with E-state index in [0.29, 0.717) is 24.4 Å². The molecule has 32 heavy (non-hydrogen) atoms. The number of halogens is 1. The largest absolute Gasteiger partial charge is 0.460 e. The molecule has 0 bridgehead atoms. The predicted octanol–water partition coefficient (Wildman–Crippen LogP) is 7.62. The molecule has 1 fully saturated rings. The van der Waals surface area contributed by atoms with Crippen molar-refractivity contribution in [1.29, 1.82) is 0 Å². The third kappa shape index (κ3) is 9.32. The number of carbonyl (C=O) groups excluding carboxylic acids is 1. The highest BCUT2D eigenvalue weighted by molar-refractivity contribution is 14.1. The fourth-order valence-corrected chi connectivity index (χ4v) is 5.57. The summed E-state index contributed by atoms with van der Waals surface area (Å²) in [5.41, 5.74) is 0.799. The van der Waals surface area contributed by atoms with E-state index in [2.05, 4.69) is 55.4 Å². The highest BCUT2D eigenvalue weighted by atomic mass is 127. The zero-order chi connectivity index (χ0) is 23.9. The van der Waals surface area contributed by atoms with Gasteiger partial charge in [0, 0.05) is 25.0 Å². The third-order valence-corrected chi connectivity index (χ3v) is 6.98. The molecule has 1 atom stereocenters. The SMILES string of the molecule is CCCCOCCC[C@@H](CC(=O)OC(C)(C)C)c1noc([C@H]2C[C@@H](CC(C)(C)C)C2)c1I. The van der Waals surface area contributed by atoms with Crippen molar-refractivity contribution in [3.63, 3.8) is 0 Å². The van der Waals surface area contributed by atoms with E-state index in [1.165, 1.54) is 19.3 Å². The van der Waals surface area contributed by atoms with Gasteiger partial charge in [0.15, 0.2) is 5.76 Å². The minimum Gasteiger partial charge on any atom is -0.460 e. The van der Waals surface area contributed by atoms with Crippen LogP contribution in [-0.4, -0.2) is 29.9 Å². The Kier molecular flexibility index (Phi) is 10.5. The average molecular weight is 562 g/mol. The minimum atomic E-state index is -0.485. The summed E-state index contributed by atoms with van der Waals surface area (Å²) in [4.78, 5) is 12.6. The Morgan fingerprint density at radius 2 is 1.81 bits per heavy atom. The van der Waals surface area contributed by atoms with Crippen LogP contribution in [-0.2, 0) is 14.3 Å². The Labute approximate surface area is 208 Å². The number of hydrogen-bond acceptors (Lipinski definition) is 5. The van der Waals surface area contributed by atoms with Gasteiger partial charge in [0.25, 0.3) is 0 Å². The van der Waals surface area contributed by atoms with Gasteiger partial charge < -0.3 is 14.0 Å². The van der Waals surface area contributed by atoms with Gasteiger partial charge in [-0.3, -0.25) is 4.79 Å². The quantitative estimate of drug-likeness (QED) is 0.149. The fraction of sp³-hybridized carbons (Fsp3) is 0.846. The van der Waals surface area contributed by atoms with Crippen molar-refractivity contribution < 1.29 is 18.8 Å². The molecular formula is C26H44INO4. The molecule has 184 valence electrons. The van der Waals surface area contributed by atoms with Gasteiger partial charge in [0.05, 0.1) is 9.99 Å². The van der Waals surface area contributed by atoms with Crippen LogP contribution in [0.2, 0.25) is 0 Å². The van der Waals surface area contributed by atoms with Crippen molar-refractivity contribution in [2.24, 2.45) is 11.3 Å². The maximum absolute atomic E-state index is 12.6. The molecule has 0 saturated heterocycles. The van der Waals surface area contributed by atoms with Crippen LogP contribution in [0.1, 0.15) is 123 Å². The molecule has 0 aliphatic heterocycles. The molecule has 0 unspecified atom stereocenters. The van der Waals surface area contributed by atoms with Crippen LogP contribution in [0.5, 0.6) is 0 Å². The molecule has 1 aromatic heterocycles. The zero-order valence-corrected chi connectivity index (χ0v) is 23.4. The molecule has 0 aromatic carbocycles. The number of carbonyl (C=O) groups is 1. The highest BCUT2D eigenvalue weighted by Gasteiger charge is 2.38. The van der Waals surface area contributed by atoms with Gasteiger partial charge in [-0.15, -0.1) is 0 Å². The van der Waals surface area contributed by atoms with Crippen LogP contribution in [0.15, 0.2) is 4.52 Å². The number of rotatable bonds is 12. The first-order chi connectivity index (χ1) is 14.9. The first-order valence-corrected chi connectivity index (χ1v) is 13.4. The number of esters is 1. The molecule has 0 spiro atoms. The van der Waals surface area contributed by atoms with Gasteiger partial charge in [0.2, 0.25) is 0 Å². The number of hydrogen-bond donors (Lipinski definition) is 0. The van der Waals surface area contributed by atoms with Crippen molar-refractivity contribution in [3.05, 3.63) is 15.0 Å². The Hall–Kier alpha value is -0.630. The first-order valence-electron chi connectivity index (χ1n) is 12.3. The molecule has 0 N–H and O–H groups in total. The lowest BCUT2D eigenvalue weighted by molar-refractivity contribution is -0.155. The molecule has 5 nitrogen and oxygen atoms in total. The number of ether oxygens (including phenoxy) is 2. The van der Waals surface area contributed by atoms with Gasteiger partial charge in [0.1, 0.15) is 11.3 Å². The smallest absolute Gasteiger partial charge is 0.306 e. The van der Waals surface area contributed by atoms with Gasteiger partial charge in [-0.1, -0.05) is 39.3 Å². The molecule has 0 radical (unpaired) electrons. The molecule has 1 aromatic rings. The van der Waals surface area contributed by atoms with Gasteiger partial charge in [-0.05, 0) is 93.2 Å². The van der Waals surface area contributed by atoms with E-state index in [1.54, 1.807) is 0 Å². The number of nitrogens with zero attached hydrogens (tertiary/aromatic N) is 1. The number of aromatic nitrogens is 1. The molecule has 1 aliphatic carbocycles. The van der Waals surface area contributed by atoms with E-state index in [4.69, 9.17) is 14.0 Å². The van der Waals surface area contributed by atoms with Crippen molar-refractivity contribution >= 4 is 28.6 Å². The highest BCUT2D eigenvalue weighted by Crippen LogP contribution is 2.48. The van der Waals surface area contributed by atoms with Crippen LogP contribution in [0.3, 0.4) is 0 Å². The summed E-state index contributed by atoms with van der Waals surface area (Å²) in [6.45, 7) is 16.3. The van der Waals surface area contributed by atoms with Gasteiger partial charge in [-0.2, -0.15) is 0 Å². The van der Waals surface area contributed by atoms with Crippen LogP contribution < -0.4 is 0 Å². The monoisotopic (exact) mass is 561 g/mol. The number of unbranched alkanes of at least 4 members (excludes halogenated alkanes) is 1. The third-order valence-electron chi connectivity index (χ3n) is 5.89.